The molecule has 0 spiro atoms. The largest absolute Gasteiger partial charge is 0.0628 e. The summed E-state index contributed by atoms with van der Waals surface area (Å²) in [5, 5.41) is 0. The molecule has 1 radical (unpaired) electrons. The van der Waals surface area contributed by atoms with Gasteiger partial charge < -0.3 is 0 Å². The van der Waals surface area contributed by atoms with E-state index in [0.29, 0.717) is 0 Å². The zero-order valence-electron chi connectivity index (χ0n) is 10.1. The molecule has 79 valence electrons. The molecule has 0 rings (SSSR count). The van der Waals surface area contributed by atoms with E-state index in [1.165, 1.54) is 12.8 Å². The molecule has 1 unspecified atom stereocenters. The van der Waals surface area contributed by atoms with Crippen molar-refractivity contribution in [2.75, 3.05) is 0 Å². The van der Waals surface area contributed by atoms with Crippen LogP contribution in [0.5, 0.6) is 0 Å². The second-order valence-corrected chi connectivity index (χ2v) is 5.29. The predicted octanol–water partition coefficient (Wildman–Crippen LogP) is 4.56. The van der Waals surface area contributed by atoms with Crippen LogP contribution in [0.2, 0.25) is 0 Å². The Morgan fingerprint density at radius 2 is 1.23 bits per heavy atom. The average molecular weight is 183 g/mol. The molecular weight excluding hydrogens is 156 g/mol. The lowest BCUT2D eigenvalue weighted by Gasteiger charge is -2.26. The zero-order chi connectivity index (χ0) is 10.4. The van der Waals surface area contributed by atoms with E-state index >= 15 is 0 Å². The van der Waals surface area contributed by atoms with Gasteiger partial charge in [0.25, 0.3) is 0 Å². The highest BCUT2D eigenvalue weighted by Crippen LogP contribution is 2.28. The fraction of sp³-hybridized carbons (Fsp3) is 0.923. The number of hydrogen-bond donors (Lipinski definition) is 0. The Hall–Kier alpha value is 0. The molecule has 0 heteroatoms. The molecule has 0 nitrogen and oxygen atoms in total. The summed E-state index contributed by atoms with van der Waals surface area (Å²) in [6.07, 6.45) is 3.83. The number of rotatable bonds is 6. The van der Waals surface area contributed by atoms with Crippen LogP contribution in [0.4, 0.5) is 0 Å². The third-order valence-electron chi connectivity index (χ3n) is 2.81. The maximum Gasteiger partial charge on any atom is -0.0384 e. The molecule has 0 heterocycles. The first-order chi connectivity index (χ1) is 5.97. The molecule has 0 amide bonds. The van der Waals surface area contributed by atoms with Crippen LogP contribution in [-0.4, -0.2) is 0 Å². The van der Waals surface area contributed by atoms with Crippen molar-refractivity contribution in [3.63, 3.8) is 0 Å². The first kappa shape index (κ1) is 13.0. The molecule has 0 aliphatic heterocycles. The monoisotopic (exact) mass is 183 g/mol. The lowest BCUT2D eigenvalue weighted by Crippen LogP contribution is -2.16. The molecule has 0 saturated carbocycles. The normalized spacial score (nSPS) is 14.5. The number of hydrogen-bond acceptors (Lipinski definition) is 0. The summed E-state index contributed by atoms with van der Waals surface area (Å²) < 4.78 is 0. The summed E-state index contributed by atoms with van der Waals surface area (Å²) >= 11 is 0. The predicted molar refractivity (Wildman–Crippen MR) is 61.5 cm³/mol. The summed E-state index contributed by atoms with van der Waals surface area (Å²) in [5.74, 6) is 3.35. The standard InChI is InChI=1S/C13H27/c1-7-12(6)13(8-10(2)3)9-11(4)5/h10-13H,1,7-9H2,2-6H3. The van der Waals surface area contributed by atoms with Crippen molar-refractivity contribution in [1.82, 2.24) is 0 Å². The van der Waals surface area contributed by atoms with Crippen molar-refractivity contribution in [3.8, 4) is 0 Å². The van der Waals surface area contributed by atoms with Gasteiger partial charge in [-0.3, -0.25) is 0 Å². The molecule has 1 atom stereocenters. The Morgan fingerprint density at radius 3 is 1.46 bits per heavy atom. The highest BCUT2D eigenvalue weighted by molar-refractivity contribution is 4.70. The maximum absolute atomic E-state index is 4.02. The zero-order valence-corrected chi connectivity index (χ0v) is 10.1. The van der Waals surface area contributed by atoms with Crippen LogP contribution < -0.4 is 0 Å². The van der Waals surface area contributed by atoms with E-state index < -0.39 is 0 Å². The van der Waals surface area contributed by atoms with Gasteiger partial charge in [0.05, 0.1) is 0 Å². The summed E-state index contributed by atoms with van der Waals surface area (Å²) in [5.41, 5.74) is 0. The third kappa shape index (κ3) is 6.12. The van der Waals surface area contributed by atoms with Crippen LogP contribution >= 0.6 is 0 Å². The molecule has 0 bridgehead atoms. The van der Waals surface area contributed by atoms with Crippen LogP contribution in [0.3, 0.4) is 0 Å². The van der Waals surface area contributed by atoms with Crippen LogP contribution in [0.25, 0.3) is 0 Å². The van der Waals surface area contributed by atoms with E-state index in [4.69, 9.17) is 0 Å². The van der Waals surface area contributed by atoms with Crippen molar-refractivity contribution >= 4 is 0 Å². The molecule has 0 saturated heterocycles. The van der Waals surface area contributed by atoms with E-state index in [-0.39, 0.29) is 0 Å². The molecule has 0 aromatic carbocycles. The highest BCUT2D eigenvalue weighted by Gasteiger charge is 2.18. The molecule has 0 aliphatic carbocycles. The summed E-state index contributed by atoms with van der Waals surface area (Å²) in [7, 11) is 0. The van der Waals surface area contributed by atoms with Crippen molar-refractivity contribution in [2.24, 2.45) is 23.7 Å². The second kappa shape index (κ2) is 6.45. The minimum absolute atomic E-state index is 0.796. The van der Waals surface area contributed by atoms with Gasteiger partial charge in [0.15, 0.2) is 0 Å². The van der Waals surface area contributed by atoms with Gasteiger partial charge in [-0.2, -0.15) is 0 Å². The lowest BCUT2D eigenvalue weighted by molar-refractivity contribution is 0.254. The third-order valence-corrected chi connectivity index (χ3v) is 2.81. The van der Waals surface area contributed by atoms with E-state index in [2.05, 4.69) is 41.5 Å². The van der Waals surface area contributed by atoms with Gasteiger partial charge in [-0.15, -0.1) is 0 Å². The summed E-state index contributed by atoms with van der Waals surface area (Å²) in [6.45, 7) is 15.7. The van der Waals surface area contributed by atoms with Crippen LogP contribution in [0.1, 0.15) is 53.9 Å². The van der Waals surface area contributed by atoms with Crippen LogP contribution in [0, 0.1) is 30.6 Å². The molecule has 0 N–H and O–H groups in total. The maximum atomic E-state index is 4.02. The van der Waals surface area contributed by atoms with E-state index in [1.54, 1.807) is 0 Å². The van der Waals surface area contributed by atoms with Gasteiger partial charge in [0.1, 0.15) is 0 Å². The lowest BCUT2D eigenvalue weighted by atomic mass is 9.80. The average Bonchev–Trinajstić information content (AvgIpc) is 2.00. The minimum atomic E-state index is 0.796. The van der Waals surface area contributed by atoms with Crippen molar-refractivity contribution in [3.05, 3.63) is 6.92 Å². The topological polar surface area (TPSA) is 0 Å². The van der Waals surface area contributed by atoms with E-state index in [1.807, 2.05) is 0 Å². The smallest absolute Gasteiger partial charge is 0.0384 e. The van der Waals surface area contributed by atoms with Gasteiger partial charge in [0, 0.05) is 0 Å². The molecule has 0 fully saturated rings. The highest BCUT2D eigenvalue weighted by atomic mass is 14.2. The molecule has 0 aliphatic rings. The molecule has 0 aromatic rings. The molecule has 0 aromatic heterocycles. The van der Waals surface area contributed by atoms with E-state index in [0.717, 1.165) is 30.1 Å². The van der Waals surface area contributed by atoms with Crippen molar-refractivity contribution in [1.29, 1.82) is 0 Å². The van der Waals surface area contributed by atoms with Crippen LogP contribution in [-0.2, 0) is 0 Å². The minimum Gasteiger partial charge on any atom is -0.0628 e. The Kier molecular flexibility index (Phi) is 6.45. The van der Waals surface area contributed by atoms with Gasteiger partial charge in [0.2, 0.25) is 0 Å². The molecular formula is C13H27. The Morgan fingerprint density at radius 1 is 0.846 bits per heavy atom. The Bertz CT molecular complexity index is 103. The second-order valence-electron chi connectivity index (χ2n) is 5.29. The SMILES string of the molecule is [CH2]CC(C)C(CC(C)C)CC(C)C. The summed E-state index contributed by atoms with van der Waals surface area (Å²) in [4.78, 5) is 0. The molecule has 13 heavy (non-hydrogen) atoms. The summed E-state index contributed by atoms with van der Waals surface area (Å²) in [6, 6.07) is 0. The Labute approximate surface area is 85.1 Å². The fourth-order valence-electron chi connectivity index (χ4n) is 2.01. The first-order valence-electron chi connectivity index (χ1n) is 5.76. The van der Waals surface area contributed by atoms with Gasteiger partial charge in [-0.1, -0.05) is 48.0 Å². The van der Waals surface area contributed by atoms with E-state index in [9.17, 15) is 0 Å². The Balaban J connectivity index is 4.02. The van der Waals surface area contributed by atoms with Gasteiger partial charge in [-0.25, -0.2) is 0 Å². The van der Waals surface area contributed by atoms with Gasteiger partial charge >= 0.3 is 0 Å². The van der Waals surface area contributed by atoms with Crippen LogP contribution in [0.15, 0.2) is 0 Å². The van der Waals surface area contributed by atoms with Gasteiger partial charge in [-0.05, 0) is 36.5 Å². The quantitative estimate of drug-likeness (QED) is 0.566. The van der Waals surface area contributed by atoms with Crippen molar-refractivity contribution < 1.29 is 0 Å². The fourth-order valence-corrected chi connectivity index (χ4v) is 2.01. The van der Waals surface area contributed by atoms with Crippen molar-refractivity contribution in [2.45, 2.75) is 53.9 Å². The first-order valence-corrected chi connectivity index (χ1v) is 5.76.